The van der Waals surface area contributed by atoms with E-state index >= 15 is 0 Å². The van der Waals surface area contributed by atoms with Crippen molar-refractivity contribution in [3.63, 3.8) is 0 Å². The zero-order chi connectivity index (χ0) is 10.7. The molecular formula is C14H20O. The Morgan fingerprint density at radius 1 is 1.27 bits per heavy atom. The average Bonchev–Trinajstić information content (AvgIpc) is 2.81. The second-order valence-electron chi connectivity index (χ2n) is 4.61. The summed E-state index contributed by atoms with van der Waals surface area (Å²) in [5.41, 5.74) is 1.43. The van der Waals surface area contributed by atoms with E-state index in [4.69, 9.17) is 4.74 Å². The van der Waals surface area contributed by atoms with E-state index in [9.17, 15) is 0 Å². The first kappa shape index (κ1) is 10.5. The summed E-state index contributed by atoms with van der Waals surface area (Å²) in [4.78, 5) is 0. The van der Waals surface area contributed by atoms with Gasteiger partial charge >= 0.3 is 0 Å². The van der Waals surface area contributed by atoms with Crippen molar-refractivity contribution >= 4 is 0 Å². The molecule has 0 bridgehead atoms. The summed E-state index contributed by atoms with van der Waals surface area (Å²) in [6.07, 6.45) is 5.63. The highest BCUT2D eigenvalue weighted by molar-refractivity contribution is 5.30. The lowest BCUT2D eigenvalue weighted by Gasteiger charge is -2.19. The van der Waals surface area contributed by atoms with E-state index in [2.05, 4.69) is 25.1 Å². The number of benzene rings is 1. The normalized spacial score (nSPS) is 19.1. The highest BCUT2D eigenvalue weighted by Crippen LogP contribution is 2.37. The molecule has 1 nitrogen and oxygen atoms in total. The molecule has 0 unspecified atom stereocenters. The Morgan fingerprint density at radius 3 is 2.67 bits per heavy atom. The summed E-state index contributed by atoms with van der Waals surface area (Å²) in [5.74, 6) is 2.55. The largest absolute Gasteiger partial charge is 0.497 e. The highest BCUT2D eigenvalue weighted by Gasteiger charge is 2.22. The van der Waals surface area contributed by atoms with Crippen molar-refractivity contribution in [2.24, 2.45) is 5.92 Å². The van der Waals surface area contributed by atoms with Gasteiger partial charge in [-0.1, -0.05) is 31.9 Å². The van der Waals surface area contributed by atoms with Crippen LogP contribution in [0.3, 0.4) is 0 Å². The third-order valence-corrected chi connectivity index (χ3v) is 3.73. The molecule has 0 amide bonds. The van der Waals surface area contributed by atoms with Gasteiger partial charge in [-0.05, 0) is 42.4 Å². The van der Waals surface area contributed by atoms with Crippen LogP contribution in [0.15, 0.2) is 24.3 Å². The zero-order valence-electron chi connectivity index (χ0n) is 9.70. The topological polar surface area (TPSA) is 9.23 Å². The summed E-state index contributed by atoms with van der Waals surface area (Å²) >= 11 is 0. The van der Waals surface area contributed by atoms with E-state index in [-0.39, 0.29) is 0 Å². The van der Waals surface area contributed by atoms with Gasteiger partial charge < -0.3 is 4.74 Å². The van der Waals surface area contributed by atoms with E-state index in [1.54, 1.807) is 7.11 Å². The summed E-state index contributed by atoms with van der Waals surface area (Å²) < 4.78 is 5.27. The minimum atomic E-state index is 0.683. The number of hydrogen-bond acceptors (Lipinski definition) is 1. The molecule has 1 fully saturated rings. The van der Waals surface area contributed by atoms with Gasteiger partial charge in [-0.3, -0.25) is 0 Å². The van der Waals surface area contributed by atoms with Crippen LogP contribution >= 0.6 is 0 Å². The van der Waals surface area contributed by atoms with Gasteiger partial charge in [0.15, 0.2) is 0 Å². The van der Waals surface area contributed by atoms with Gasteiger partial charge in [-0.15, -0.1) is 0 Å². The van der Waals surface area contributed by atoms with E-state index in [0.717, 1.165) is 11.7 Å². The summed E-state index contributed by atoms with van der Waals surface area (Å²) in [5, 5.41) is 0. The van der Waals surface area contributed by atoms with Crippen LogP contribution in [0.4, 0.5) is 0 Å². The smallest absolute Gasteiger partial charge is 0.119 e. The van der Waals surface area contributed by atoms with Crippen molar-refractivity contribution in [2.45, 2.75) is 38.5 Å². The van der Waals surface area contributed by atoms with Crippen LogP contribution in [0.5, 0.6) is 5.75 Å². The van der Waals surface area contributed by atoms with Crippen LogP contribution in [-0.2, 0) is 0 Å². The fourth-order valence-corrected chi connectivity index (χ4v) is 2.65. The van der Waals surface area contributed by atoms with Crippen molar-refractivity contribution in [1.82, 2.24) is 0 Å². The van der Waals surface area contributed by atoms with Crippen LogP contribution in [0.1, 0.15) is 44.1 Å². The Balaban J connectivity index is 2.13. The van der Waals surface area contributed by atoms with Crippen molar-refractivity contribution in [2.75, 3.05) is 7.11 Å². The van der Waals surface area contributed by atoms with Crippen LogP contribution in [0, 0.1) is 5.92 Å². The maximum atomic E-state index is 5.27. The first-order valence-corrected chi connectivity index (χ1v) is 5.95. The third-order valence-electron chi connectivity index (χ3n) is 3.73. The summed E-state index contributed by atoms with van der Waals surface area (Å²) in [7, 11) is 1.74. The minimum absolute atomic E-state index is 0.683. The molecule has 82 valence electrons. The van der Waals surface area contributed by atoms with E-state index < -0.39 is 0 Å². The standard InChI is InChI=1S/C14H20O/c1-11(12-6-3-4-7-12)13-8-5-9-14(10-13)15-2/h5,8-12H,3-4,6-7H2,1-2H3/t11-/m0/s1. The molecule has 1 aromatic carbocycles. The maximum Gasteiger partial charge on any atom is 0.119 e. The molecule has 0 radical (unpaired) electrons. The molecule has 1 heteroatoms. The molecule has 0 heterocycles. The Hall–Kier alpha value is -0.980. The van der Waals surface area contributed by atoms with Crippen LogP contribution in [-0.4, -0.2) is 7.11 Å². The predicted molar refractivity (Wildman–Crippen MR) is 63.4 cm³/mol. The molecular weight excluding hydrogens is 184 g/mol. The maximum absolute atomic E-state index is 5.27. The summed E-state index contributed by atoms with van der Waals surface area (Å²) in [6.45, 7) is 2.35. The molecule has 1 saturated carbocycles. The van der Waals surface area contributed by atoms with E-state index in [1.165, 1.54) is 31.2 Å². The lowest BCUT2D eigenvalue weighted by atomic mass is 9.86. The van der Waals surface area contributed by atoms with E-state index in [1.807, 2.05) is 6.07 Å². The molecule has 0 spiro atoms. The van der Waals surface area contributed by atoms with Crippen molar-refractivity contribution in [3.8, 4) is 5.75 Å². The lowest BCUT2D eigenvalue weighted by molar-refractivity contribution is 0.411. The first-order chi connectivity index (χ1) is 7.31. The second-order valence-corrected chi connectivity index (χ2v) is 4.61. The number of ether oxygens (including phenoxy) is 1. The average molecular weight is 204 g/mol. The highest BCUT2D eigenvalue weighted by atomic mass is 16.5. The number of hydrogen-bond donors (Lipinski definition) is 0. The molecule has 1 aliphatic rings. The zero-order valence-corrected chi connectivity index (χ0v) is 9.70. The molecule has 1 aliphatic carbocycles. The molecule has 15 heavy (non-hydrogen) atoms. The van der Waals surface area contributed by atoms with Crippen LogP contribution < -0.4 is 4.74 Å². The van der Waals surface area contributed by atoms with Crippen molar-refractivity contribution < 1.29 is 4.74 Å². The molecule has 0 aliphatic heterocycles. The number of rotatable bonds is 3. The number of methoxy groups -OCH3 is 1. The van der Waals surface area contributed by atoms with Gasteiger partial charge in [0.25, 0.3) is 0 Å². The lowest BCUT2D eigenvalue weighted by Crippen LogP contribution is -2.05. The fourth-order valence-electron chi connectivity index (χ4n) is 2.65. The third kappa shape index (κ3) is 2.34. The van der Waals surface area contributed by atoms with Crippen LogP contribution in [0.25, 0.3) is 0 Å². The molecule has 0 aromatic heterocycles. The quantitative estimate of drug-likeness (QED) is 0.723. The van der Waals surface area contributed by atoms with Gasteiger partial charge in [-0.2, -0.15) is 0 Å². The fraction of sp³-hybridized carbons (Fsp3) is 0.571. The molecule has 1 aromatic rings. The Kier molecular flexibility index (Phi) is 3.30. The molecule has 0 N–H and O–H groups in total. The molecule has 0 saturated heterocycles. The Morgan fingerprint density at radius 2 is 2.00 bits per heavy atom. The molecule has 1 atom stereocenters. The Bertz CT molecular complexity index is 313. The van der Waals surface area contributed by atoms with Crippen LogP contribution in [0.2, 0.25) is 0 Å². The van der Waals surface area contributed by atoms with Gasteiger partial charge in [-0.25, -0.2) is 0 Å². The van der Waals surface area contributed by atoms with Crippen molar-refractivity contribution in [3.05, 3.63) is 29.8 Å². The van der Waals surface area contributed by atoms with Gasteiger partial charge in [0.1, 0.15) is 5.75 Å². The Labute approximate surface area is 92.5 Å². The molecule has 2 rings (SSSR count). The van der Waals surface area contributed by atoms with E-state index in [0.29, 0.717) is 5.92 Å². The summed E-state index contributed by atoms with van der Waals surface area (Å²) in [6, 6.07) is 8.53. The monoisotopic (exact) mass is 204 g/mol. The minimum Gasteiger partial charge on any atom is -0.497 e. The SMILES string of the molecule is COc1cccc([C@@H](C)C2CCCC2)c1. The first-order valence-electron chi connectivity index (χ1n) is 5.95. The predicted octanol–water partition coefficient (Wildman–Crippen LogP) is 3.99. The van der Waals surface area contributed by atoms with Crippen molar-refractivity contribution in [1.29, 1.82) is 0 Å². The van der Waals surface area contributed by atoms with Gasteiger partial charge in [0, 0.05) is 0 Å². The van der Waals surface area contributed by atoms with Gasteiger partial charge in [0.2, 0.25) is 0 Å². The van der Waals surface area contributed by atoms with Gasteiger partial charge in [0.05, 0.1) is 7.11 Å². The second kappa shape index (κ2) is 4.69.